The van der Waals surface area contributed by atoms with E-state index in [2.05, 4.69) is 25.8 Å². The molecule has 1 aromatic rings. The monoisotopic (exact) mass is 314 g/mol. The number of hydrogen-bond acceptors (Lipinski definition) is 6. The summed E-state index contributed by atoms with van der Waals surface area (Å²) in [5.41, 5.74) is 0.982. The van der Waals surface area contributed by atoms with Crippen LogP contribution in [0.1, 0.15) is 5.56 Å². The normalized spacial score (nSPS) is 15.7. The van der Waals surface area contributed by atoms with Crippen molar-refractivity contribution in [1.82, 2.24) is 20.5 Å². The van der Waals surface area contributed by atoms with E-state index in [4.69, 9.17) is 5.26 Å². The molecule has 122 valence electrons. The summed E-state index contributed by atoms with van der Waals surface area (Å²) in [6, 6.07) is 5.65. The number of aryl methyl sites for hydroxylation is 1. The molecule has 1 aliphatic rings. The molecule has 1 amide bonds. The third kappa shape index (κ3) is 5.36. The molecule has 23 heavy (non-hydrogen) atoms. The molecule has 7 heteroatoms. The first kappa shape index (κ1) is 16.9. The lowest BCUT2D eigenvalue weighted by Gasteiger charge is -2.27. The van der Waals surface area contributed by atoms with Gasteiger partial charge in [0.2, 0.25) is 0 Å². The van der Waals surface area contributed by atoms with Crippen LogP contribution in [0, 0.1) is 18.3 Å². The summed E-state index contributed by atoms with van der Waals surface area (Å²) < 4.78 is 0. The van der Waals surface area contributed by atoms with Gasteiger partial charge in [-0.3, -0.25) is 9.69 Å². The smallest absolute Gasteiger partial charge is 0.263 e. The second-order valence-electron chi connectivity index (χ2n) is 5.33. The summed E-state index contributed by atoms with van der Waals surface area (Å²) in [6.07, 6.45) is 3.05. The fraction of sp³-hybridized carbons (Fsp3) is 0.438. The number of rotatable bonds is 6. The van der Waals surface area contributed by atoms with Gasteiger partial charge in [0.05, 0.1) is 0 Å². The van der Waals surface area contributed by atoms with Crippen LogP contribution >= 0.6 is 0 Å². The molecule has 0 aliphatic carbocycles. The highest BCUT2D eigenvalue weighted by molar-refractivity contribution is 5.97. The lowest BCUT2D eigenvalue weighted by Crippen LogP contribution is -2.46. The average molecular weight is 314 g/mol. The van der Waals surface area contributed by atoms with E-state index in [0.717, 1.165) is 38.3 Å². The summed E-state index contributed by atoms with van der Waals surface area (Å²) in [4.78, 5) is 18.5. The van der Waals surface area contributed by atoms with E-state index < -0.39 is 0 Å². The predicted molar refractivity (Wildman–Crippen MR) is 88.6 cm³/mol. The minimum Gasteiger partial charge on any atom is -0.350 e. The molecular formula is C16H22N6O. The number of carbonyl (C=O) groups excluding carboxylic acids is 1. The molecule has 1 aromatic heterocycles. The van der Waals surface area contributed by atoms with Gasteiger partial charge in [0.15, 0.2) is 0 Å². The van der Waals surface area contributed by atoms with Crippen molar-refractivity contribution in [2.45, 2.75) is 6.92 Å². The first-order chi connectivity index (χ1) is 11.2. The number of nitrogens with one attached hydrogen (secondary N) is 3. The first-order valence-corrected chi connectivity index (χ1v) is 7.70. The van der Waals surface area contributed by atoms with Crippen LogP contribution < -0.4 is 16.0 Å². The number of amides is 1. The van der Waals surface area contributed by atoms with Crippen LogP contribution in [0.15, 0.2) is 30.1 Å². The second-order valence-corrected chi connectivity index (χ2v) is 5.33. The van der Waals surface area contributed by atoms with Gasteiger partial charge in [0.1, 0.15) is 17.5 Å². The van der Waals surface area contributed by atoms with Gasteiger partial charge in [-0.05, 0) is 18.6 Å². The summed E-state index contributed by atoms with van der Waals surface area (Å²) >= 11 is 0. The zero-order chi connectivity index (χ0) is 16.5. The van der Waals surface area contributed by atoms with Crippen molar-refractivity contribution >= 4 is 11.7 Å². The number of nitrogens with zero attached hydrogens (tertiary/aromatic N) is 3. The number of hydrogen-bond donors (Lipinski definition) is 3. The third-order valence-corrected chi connectivity index (χ3v) is 3.65. The van der Waals surface area contributed by atoms with Gasteiger partial charge in [-0.25, -0.2) is 4.98 Å². The van der Waals surface area contributed by atoms with Gasteiger partial charge >= 0.3 is 0 Å². The Kier molecular flexibility index (Phi) is 6.54. The molecule has 0 spiro atoms. The van der Waals surface area contributed by atoms with E-state index in [-0.39, 0.29) is 11.5 Å². The molecule has 1 aliphatic heterocycles. The number of piperazine rings is 1. The number of nitriles is 1. The average Bonchev–Trinajstić information content (AvgIpc) is 2.58. The molecule has 0 atom stereocenters. The fourth-order valence-corrected chi connectivity index (χ4v) is 2.28. The summed E-state index contributed by atoms with van der Waals surface area (Å²) in [6.45, 7) is 7.14. The highest BCUT2D eigenvalue weighted by Crippen LogP contribution is 2.09. The first-order valence-electron chi connectivity index (χ1n) is 7.70. The molecule has 0 aromatic carbocycles. The van der Waals surface area contributed by atoms with Crippen molar-refractivity contribution in [2.75, 3.05) is 44.6 Å². The standard InChI is InChI=1S/C16H22N6O/c1-13-3-2-4-19-15(13)21-12-14(11-17)16(23)20-7-10-22-8-5-18-6-9-22/h2-4,12,18H,5-10H2,1H3,(H,19,21)(H,20,23)/b14-12-. The van der Waals surface area contributed by atoms with Gasteiger partial charge in [0, 0.05) is 51.7 Å². The lowest BCUT2D eigenvalue weighted by atomic mass is 10.2. The van der Waals surface area contributed by atoms with Crippen molar-refractivity contribution in [1.29, 1.82) is 5.26 Å². The molecule has 7 nitrogen and oxygen atoms in total. The van der Waals surface area contributed by atoms with Crippen LogP contribution in [0.2, 0.25) is 0 Å². The zero-order valence-electron chi connectivity index (χ0n) is 13.3. The SMILES string of the molecule is Cc1cccnc1N/C=C(/C#N)C(=O)NCCN1CCNCC1. The molecule has 0 radical (unpaired) electrons. The van der Waals surface area contributed by atoms with Gasteiger partial charge in [-0.1, -0.05) is 6.07 Å². The molecule has 1 saturated heterocycles. The van der Waals surface area contributed by atoms with Crippen LogP contribution in [0.25, 0.3) is 0 Å². The predicted octanol–water partition coefficient (Wildman–Crippen LogP) is 0.231. The summed E-state index contributed by atoms with van der Waals surface area (Å²) in [5, 5.41) is 18.1. The van der Waals surface area contributed by atoms with Crippen LogP contribution in [0.5, 0.6) is 0 Å². The Bertz CT molecular complexity index is 601. The van der Waals surface area contributed by atoms with Crippen LogP contribution in [-0.4, -0.2) is 55.1 Å². The number of aromatic nitrogens is 1. The van der Waals surface area contributed by atoms with E-state index in [1.54, 1.807) is 6.20 Å². The molecule has 2 heterocycles. The lowest BCUT2D eigenvalue weighted by molar-refractivity contribution is -0.117. The van der Waals surface area contributed by atoms with Crippen molar-refractivity contribution < 1.29 is 4.79 Å². The van der Waals surface area contributed by atoms with Crippen LogP contribution in [0.3, 0.4) is 0 Å². The van der Waals surface area contributed by atoms with Crippen molar-refractivity contribution in [3.05, 3.63) is 35.7 Å². The van der Waals surface area contributed by atoms with Crippen molar-refractivity contribution in [3.63, 3.8) is 0 Å². The van der Waals surface area contributed by atoms with E-state index in [9.17, 15) is 4.79 Å². The highest BCUT2D eigenvalue weighted by atomic mass is 16.1. The number of pyridine rings is 1. The maximum Gasteiger partial charge on any atom is 0.263 e. The van der Waals surface area contributed by atoms with Gasteiger partial charge in [0.25, 0.3) is 5.91 Å². The minimum atomic E-state index is -0.372. The zero-order valence-corrected chi connectivity index (χ0v) is 13.3. The molecule has 0 unspecified atom stereocenters. The van der Waals surface area contributed by atoms with E-state index >= 15 is 0 Å². The van der Waals surface area contributed by atoms with Gasteiger partial charge in [-0.15, -0.1) is 0 Å². The Morgan fingerprint density at radius 1 is 1.52 bits per heavy atom. The third-order valence-electron chi connectivity index (χ3n) is 3.65. The largest absolute Gasteiger partial charge is 0.350 e. The fourth-order valence-electron chi connectivity index (χ4n) is 2.28. The van der Waals surface area contributed by atoms with Crippen molar-refractivity contribution in [2.24, 2.45) is 0 Å². The molecule has 0 bridgehead atoms. The Hall–Kier alpha value is -2.43. The van der Waals surface area contributed by atoms with Crippen LogP contribution in [0.4, 0.5) is 5.82 Å². The highest BCUT2D eigenvalue weighted by Gasteiger charge is 2.11. The van der Waals surface area contributed by atoms with Gasteiger partial charge < -0.3 is 16.0 Å². The Morgan fingerprint density at radius 3 is 3.00 bits per heavy atom. The molecule has 0 saturated carbocycles. The summed E-state index contributed by atoms with van der Waals surface area (Å²) in [5.74, 6) is 0.262. The number of carbonyl (C=O) groups is 1. The molecule has 1 fully saturated rings. The second kappa shape index (κ2) is 8.88. The molecule has 3 N–H and O–H groups in total. The van der Waals surface area contributed by atoms with Crippen molar-refractivity contribution in [3.8, 4) is 6.07 Å². The molecular weight excluding hydrogens is 292 g/mol. The quantitative estimate of drug-likeness (QED) is 0.514. The minimum absolute atomic E-state index is 0.0374. The Balaban J connectivity index is 1.82. The topological polar surface area (TPSA) is 93.1 Å². The Labute approximate surface area is 136 Å². The Morgan fingerprint density at radius 2 is 2.30 bits per heavy atom. The van der Waals surface area contributed by atoms with E-state index in [1.807, 2.05) is 25.1 Å². The van der Waals surface area contributed by atoms with E-state index in [1.165, 1.54) is 6.20 Å². The van der Waals surface area contributed by atoms with Crippen LogP contribution in [-0.2, 0) is 4.79 Å². The molecule has 2 rings (SSSR count). The maximum absolute atomic E-state index is 12.0. The van der Waals surface area contributed by atoms with E-state index in [0.29, 0.717) is 12.4 Å². The summed E-state index contributed by atoms with van der Waals surface area (Å²) in [7, 11) is 0. The maximum atomic E-state index is 12.0. The van der Waals surface area contributed by atoms with Gasteiger partial charge in [-0.2, -0.15) is 5.26 Å². The number of anilines is 1.